The lowest BCUT2D eigenvalue weighted by Gasteiger charge is -2.10. The van der Waals surface area contributed by atoms with Gasteiger partial charge in [0, 0.05) is 0 Å². The Morgan fingerprint density at radius 1 is 1.38 bits per heavy atom. The van der Waals surface area contributed by atoms with E-state index in [4.69, 9.17) is 5.73 Å². The molecule has 4 N–H and O–H groups in total. The van der Waals surface area contributed by atoms with Crippen molar-refractivity contribution in [2.45, 2.75) is 18.7 Å². The van der Waals surface area contributed by atoms with Crippen LogP contribution in [0.4, 0.5) is 0 Å². The van der Waals surface area contributed by atoms with Gasteiger partial charge in [0.25, 0.3) is 10.0 Å². The number of hydrogen-bond acceptors (Lipinski definition) is 3. The lowest BCUT2D eigenvalue weighted by molar-refractivity contribution is 0.577. The molecular weight excluding hydrogens is 246 g/mol. The second-order valence-corrected chi connectivity index (χ2v) is 5.45. The predicted octanol–water partition coefficient (Wildman–Crippen LogP) is 0.330. The van der Waals surface area contributed by atoms with Crippen molar-refractivity contribution in [3.8, 4) is 0 Å². The first kappa shape index (κ1) is 12.9. The molecule has 0 atom stereocenters. The molecule has 0 unspecified atom stereocenters. The number of hydrogen-bond donors (Lipinski definition) is 3. The van der Waals surface area contributed by atoms with Gasteiger partial charge in [-0.2, -0.15) is 0 Å². The van der Waals surface area contributed by atoms with Crippen molar-refractivity contribution in [2.24, 2.45) is 5.73 Å². The number of thiocarbonyl (C=S) groups is 1. The van der Waals surface area contributed by atoms with Crippen LogP contribution < -0.4 is 16.0 Å². The van der Waals surface area contributed by atoms with E-state index in [1.165, 1.54) is 0 Å². The van der Waals surface area contributed by atoms with Gasteiger partial charge in [-0.15, -0.1) is 4.83 Å². The van der Waals surface area contributed by atoms with E-state index in [1.54, 1.807) is 19.1 Å². The maximum atomic E-state index is 11.8. The summed E-state index contributed by atoms with van der Waals surface area (Å²) in [7, 11) is -3.64. The Balaban J connectivity index is 3.07. The van der Waals surface area contributed by atoms with Crippen molar-refractivity contribution in [3.05, 3.63) is 29.3 Å². The third-order valence-corrected chi connectivity index (χ3v) is 3.43. The normalized spacial score (nSPS) is 11.1. The second-order valence-electron chi connectivity index (χ2n) is 3.36. The van der Waals surface area contributed by atoms with E-state index in [1.807, 2.05) is 13.0 Å². The summed E-state index contributed by atoms with van der Waals surface area (Å²) in [6.45, 7) is 3.54. The molecule has 0 spiro atoms. The minimum Gasteiger partial charge on any atom is -0.375 e. The van der Waals surface area contributed by atoms with E-state index in [0.717, 1.165) is 5.56 Å². The lowest BCUT2D eigenvalue weighted by atomic mass is 10.2. The van der Waals surface area contributed by atoms with E-state index < -0.39 is 10.0 Å². The van der Waals surface area contributed by atoms with Crippen LogP contribution >= 0.6 is 12.2 Å². The molecular formula is C9H13N3O2S2. The molecule has 1 aromatic carbocycles. The van der Waals surface area contributed by atoms with Crippen molar-refractivity contribution in [1.82, 2.24) is 10.3 Å². The molecule has 0 saturated heterocycles. The number of nitrogens with one attached hydrogen (secondary N) is 2. The van der Waals surface area contributed by atoms with E-state index in [2.05, 4.69) is 22.5 Å². The summed E-state index contributed by atoms with van der Waals surface area (Å²) in [5.41, 5.74) is 8.86. The molecule has 0 saturated carbocycles. The van der Waals surface area contributed by atoms with Crippen molar-refractivity contribution in [1.29, 1.82) is 0 Å². The van der Waals surface area contributed by atoms with Crippen LogP contribution in [-0.2, 0) is 10.0 Å². The number of rotatable bonds is 3. The minimum absolute atomic E-state index is 0.131. The van der Waals surface area contributed by atoms with Crippen LogP contribution in [0, 0.1) is 13.8 Å². The summed E-state index contributed by atoms with van der Waals surface area (Å²) in [4.78, 5) is 2.30. The molecule has 88 valence electrons. The molecule has 0 fully saturated rings. The van der Waals surface area contributed by atoms with Gasteiger partial charge in [-0.05, 0) is 43.3 Å². The Morgan fingerprint density at radius 2 is 2.00 bits per heavy atom. The first-order valence-electron chi connectivity index (χ1n) is 4.47. The van der Waals surface area contributed by atoms with Crippen LogP contribution in [0.2, 0.25) is 0 Å². The standard InChI is InChI=1S/C9H13N3O2S2/c1-6-3-4-7(2)8(5-6)16(13,14)12-11-9(10)15/h3-5,12H,1-2H3,(H3,10,11,15). The van der Waals surface area contributed by atoms with Crippen LogP contribution in [0.3, 0.4) is 0 Å². The third-order valence-electron chi connectivity index (χ3n) is 1.94. The third kappa shape index (κ3) is 3.16. The van der Waals surface area contributed by atoms with E-state index in [0.29, 0.717) is 5.56 Å². The summed E-state index contributed by atoms with van der Waals surface area (Å²) < 4.78 is 23.6. The molecule has 0 radical (unpaired) electrons. The van der Waals surface area contributed by atoms with Crippen molar-refractivity contribution < 1.29 is 8.42 Å². The number of benzene rings is 1. The zero-order chi connectivity index (χ0) is 12.3. The van der Waals surface area contributed by atoms with Crippen molar-refractivity contribution in [3.63, 3.8) is 0 Å². The van der Waals surface area contributed by atoms with Crippen LogP contribution in [0.5, 0.6) is 0 Å². The zero-order valence-corrected chi connectivity index (χ0v) is 10.6. The molecule has 1 aromatic rings. The Morgan fingerprint density at radius 3 is 2.56 bits per heavy atom. The molecule has 0 aliphatic carbocycles. The molecule has 0 heterocycles. The molecule has 7 heteroatoms. The topological polar surface area (TPSA) is 84.2 Å². The van der Waals surface area contributed by atoms with Gasteiger partial charge < -0.3 is 5.73 Å². The van der Waals surface area contributed by atoms with Gasteiger partial charge >= 0.3 is 0 Å². The lowest BCUT2D eigenvalue weighted by Crippen LogP contribution is -2.44. The zero-order valence-electron chi connectivity index (χ0n) is 8.94. The van der Waals surface area contributed by atoms with E-state index in [9.17, 15) is 8.42 Å². The van der Waals surface area contributed by atoms with E-state index in [-0.39, 0.29) is 10.0 Å². The maximum absolute atomic E-state index is 11.8. The maximum Gasteiger partial charge on any atom is 0.257 e. The summed E-state index contributed by atoms with van der Waals surface area (Å²) in [5.74, 6) is 0. The highest BCUT2D eigenvalue weighted by Crippen LogP contribution is 2.15. The summed E-state index contributed by atoms with van der Waals surface area (Å²) >= 11 is 4.51. The number of sulfonamides is 1. The average Bonchev–Trinajstić information content (AvgIpc) is 2.19. The first-order chi connectivity index (χ1) is 7.33. The van der Waals surface area contributed by atoms with Crippen LogP contribution in [0.25, 0.3) is 0 Å². The molecule has 0 aromatic heterocycles. The van der Waals surface area contributed by atoms with Crippen LogP contribution in [0.15, 0.2) is 23.1 Å². The Kier molecular flexibility index (Phi) is 3.84. The monoisotopic (exact) mass is 259 g/mol. The number of nitrogens with two attached hydrogens (primary N) is 1. The Labute approximate surface area is 100 Å². The summed E-state index contributed by atoms with van der Waals surface area (Å²) in [6.07, 6.45) is 0. The van der Waals surface area contributed by atoms with Crippen molar-refractivity contribution >= 4 is 27.4 Å². The van der Waals surface area contributed by atoms with Gasteiger partial charge in [0.05, 0.1) is 4.90 Å². The molecule has 0 bridgehead atoms. The van der Waals surface area contributed by atoms with Crippen LogP contribution in [0.1, 0.15) is 11.1 Å². The summed E-state index contributed by atoms with van der Waals surface area (Å²) in [6, 6.07) is 5.17. The average molecular weight is 259 g/mol. The van der Waals surface area contributed by atoms with Gasteiger partial charge in [0.2, 0.25) is 0 Å². The molecule has 0 amide bonds. The first-order valence-corrected chi connectivity index (χ1v) is 6.36. The number of hydrazine groups is 1. The van der Waals surface area contributed by atoms with Gasteiger partial charge in [-0.1, -0.05) is 12.1 Å². The highest BCUT2D eigenvalue weighted by atomic mass is 32.2. The second kappa shape index (κ2) is 4.77. The Bertz CT molecular complexity index is 511. The molecule has 0 aliphatic heterocycles. The SMILES string of the molecule is Cc1ccc(C)c(S(=O)(=O)NNC(N)=S)c1. The van der Waals surface area contributed by atoms with Gasteiger partial charge in [0.1, 0.15) is 0 Å². The van der Waals surface area contributed by atoms with Gasteiger partial charge in [-0.25, -0.2) is 8.42 Å². The number of aryl methyl sites for hydroxylation is 2. The molecule has 1 rings (SSSR count). The Hall–Kier alpha value is -1.18. The van der Waals surface area contributed by atoms with Crippen molar-refractivity contribution in [2.75, 3.05) is 0 Å². The molecule has 16 heavy (non-hydrogen) atoms. The highest BCUT2D eigenvalue weighted by Gasteiger charge is 2.16. The van der Waals surface area contributed by atoms with Gasteiger partial charge in [0.15, 0.2) is 5.11 Å². The van der Waals surface area contributed by atoms with Gasteiger partial charge in [-0.3, -0.25) is 5.43 Å². The summed E-state index contributed by atoms with van der Waals surface area (Å²) in [5, 5.41) is -0.131. The predicted molar refractivity (Wildman–Crippen MR) is 66.2 cm³/mol. The molecule has 0 aliphatic rings. The molecule has 5 nitrogen and oxygen atoms in total. The van der Waals surface area contributed by atoms with Crippen LogP contribution in [-0.4, -0.2) is 13.5 Å². The smallest absolute Gasteiger partial charge is 0.257 e. The fourth-order valence-electron chi connectivity index (χ4n) is 1.17. The fourth-order valence-corrected chi connectivity index (χ4v) is 2.47. The largest absolute Gasteiger partial charge is 0.375 e. The minimum atomic E-state index is -3.64. The fraction of sp³-hybridized carbons (Fsp3) is 0.222. The highest BCUT2D eigenvalue weighted by molar-refractivity contribution is 7.89. The quantitative estimate of drug-likeness (QED) is 0.538. The van der Waals surface area contributed by atoms with E-state index >= 15 is 0 Å².